The summed E-state index contributed by atoms with van der Waals surface area (Å²) in [6.45, 7) is 5.23. The number of halogens is 1. The van der Waals surface area contributed by atoms with Crippen molar-refractivity contribution < 1.29 is 13.2 Å². The van der Waals surface area contributed by atoms with Crippen LogP contribution in [0.5, 0.6) is 0 Å². The van der Waals surface area contributed by atoms with Crippen molar-refractivity contribution in [3.05, 3.63) is 77.1 Å². The van der Waals surface area contributed by atoms with Crippen molar-refractivity contribution in [2.24, 2.45) is 0 Å². The molecule has 2 aromatic heterocycles. The van der Waals surface area contributed by atoms with Gasteiger partial charge in [0.25, 0.3) is 5.91 Å². The van der Waals surface area contributed by atoms with Crippen molar-refractivity contribution in [1.29, 1.82) is 0 Å². The third kappa shape index (κ3) is 4.43. The van der Waals surface area contributed by atoms with Gasteiger partial charge in [0.15, 0.2) is 15.5 Å². The molecule has 0 aliphatic rings. The SMILES string of the molecule is CC(c1cccc(Cl)c1)N(C)C(=O)c1c[nH]c2ncc(-c3ccc(S(=O)(=O)C(C)C)cc3)nc12. The van der Waals surface area contributed by atoms with E-state index in [0.29, 0.717) is 33.0 Å². The van der Waals surface area contributed by atoms with Crippen molar-refractivity contribution >= 4 is 38.5 Å². The Morgan fingerprint density at radius 1 is 1.09 bits per heavy atom. The van der Waals surface area contributed by atoms with Crippen LogP contribution in [0.3, 0.4) is 0 Å². The van der Waals surface area contributed by atoms with E-state index in [9.17, 15) is 13.2 Å². The van der Waals surface area contributed by atoms with Gasteiger partial charge in [0, 0.05) is 23.8 Å². The van der Waals surface area contributed by atoms with Crippen LogP contribution in [-0.2, 0) is 9.84 Å². The lowest BCUT2D eigenvalue weighted by molar-refractivity contribution is 0.0744. The third-order valence-electron chi connectivity index (χ3n) is 5.94. The summed E-state index contributed by atoms with van der Waals surface area (Å²) in [5, 5.41) is 0.106. The van der Waals surface area contributed by atoms with Crippen LogP contribution >= 0.6 is 11.6 Å². The Balaban J connectivity index is 1.66. The van der Waals surface area contributed by atoms with E-state index >= 15 is 0 Å². The summed E-state index contributed by atoms with van der Waals surface area (Å²) < 4.78 is 24.8. The number of carbonyl (C=O) groups is 1. The molecule has 0 bridgehead atoms. The molecule has 176 valence electrons. The molecule has 1 N–H and O–H groups in total. The average Bonchev–Trinajstić information content (AvgIpc) is 3.26. The number of hydrogen-bond acceptors (Lipinski definition) is 5. The molecule has 2 aromatic carbocycles. The van der Waals surface area contributed by atoms with E-state index in [0.717, 1.165) is 5.56 Å². The predicted octanol–water partition coefficient (Wildman–Crippen LogP) is 5.29. The van der Waals surface area contributed by atoms with Crippen molar-refractivity contribution in [3.8, 4) is 11.3 Å². The zero-order chi connectivity index (χ0) is 24.6. The van der Waals surface area contributed by atoms with E-state index < -0.39 is 15.1 Å². The quantitative estimate of drug-likeness (QED) is 0.391. The number of amides is 1. The molecule has 0 aliphatic carbocycles. The van der Waals surface area contributed by atoms with Gasteiger partial charge in [-0.25, -0.2) is 18.4 Å². The largest absolute Gasteiger partial charge is 0.344 e. The molecule has 4 aromatic rings. The predicted molar refractivity (Wildman–Crippen MR) is 134 cm³/mol. The number of carbonyl (C=O) groups excluding carboxylic acids is 1. The number of hydrogen-bond donors (Lipinski definition) is 1. The molecule has 1 amide bonds. The number of sulfone groups is 1. The van der Waals surface area contributed by atoms with Gasteiger partial charge in [-0.2, -0.15) is 0 Å². The molecule has 0 saturated heterocycles. The van der Waals surface area contributed by atoms with Gasteiger partial charge in [-0.05, 0) is 50.6 Å². The standard InChI is InChI=1S/C25H25ClN4O3S/c1-15(2)34(32,33)20-10-8-17(9-11-20)22-14-28-24-23(29-22)21(13-27-24)25(31)30(4)16(3)18-6-5-7-19(26)12-18/h5-16H,1-4H3,(H,27,28). The summed E-state index contributed by atoms with van der Waals surface area (Å²) in [6, 6.07) is 13.7. The highest BCUT2D eigenvalue weighted by Gasteiger charge is 2.23. The summed E-state index contributed by atoms with van der Waals surface area (Å²) in [6.07, 6.45) is 3.20. The third-order valence-corrected chi connectivity index (χ3v) is 8.35. The maximum absolute atomic E-state index is 13.3. The Labute approximate surface area is 203 Å². The second kappa shape index (κ2) is 9.19. The number of nitrogens with one attached hydrogen (secondary N) is 1. The minimum Gasteiger partial charge on any atom is -0.344 e. The zero-order valence-corrected chi connectivity index (χ0v) is 20.9. The average molecular weight is 497 g/mol. The fourth-order valence-corrected chi connectivity index (χ4v) is 4.90. The number of aromatic amines is 1. The van der Waals surface area contributed by atoms with E-state index in [4.69, 9.17) is 11.6 Å². The molecule has 0 saturated carbocycles. The number of fused-ring (bicyclic) bond motifs is 1. The smallest absolute Gasteiger partial charge is 0.257 e. The molecule has 34 heavy (non-hydrogen) atoms. The second-order valence-corrected chi connectivity index (χ2v) is 11.4. The minimum absolute atomic E-state index is 0.205. The number of H-pyrrole nitrogens is 1. The molecular formula is C25H25ClN4O3S. The number of aromatic nitrogens is 3. The highest BCUT2D eigenvalue weighted by atomic mass is 35.5. The highest BCUT2D eigenvalue weighted by Crippen LogP contribution is 2.27. The Bertz CT molecular complexity index is 1460. The van der Waals surface area contributed by atoms with Crippen LogP contribution in [0.25, 0.3) is 22.4 Å². The number of benzene rings is 2. The lowest BCUT2D eigenvalue weighted by Crippen LogP contribution is -2.29. The Morgan fingerprint density at radius 2 is 1.79 bits per heavy atom. The van der Waals surface area contributed by atoms with Gasteiger partial charge >= 0.3 is 0 Å². The van der Waals surface area contributed by atoms with Crippen LogP contribution in [-0.4, -0.2) is 46.5 Å². The molecule has 0 aliphatic heterocycles. The summed E-state index contributed by atoms with van der Waals surface area (Å²) in [4.78, 5) is 27.3. The first kappa shape index (κ1) is 23.9. The summed E-state index contributed by atoms with van der Waals surface area (Å²) >= 11 is 6.12. The Morgan fingerprint density at radius 3 is 2.44 bits per heavy atom. The Kier molecular flexibility index (Phi) is 6.47. The van der Waals surface area contributed by atoms with E-state index in [1.165, 1.54) is 0 Å². The monoisotopic (exact) mass is 496 g/mol. The Hall–Kier alpha value is -3.23. The topological polar surface area (TPSA) is 96.0 Å². The first-order valence-electron chi connectivity index (χ1n) is 10.8. The molecule has 1 unspecified atom stereocenters. The molecule has 0 fully saturated rings. The molecule has 9 heteroatoms. The van der Waals surface area contributed by atoms with Gasteiger partial charge in [0.1, 0.15) is 5.52 Å². The first-order chi connectivity index (χ1) is 16.1. The van der Waals surface area contributed by atoms with Crippen molar-refractivity contribution in [2.75, 3.05) is 7.05 Å². The van der Waals surface area contributed by atoms with Crippen LogP contribution in [0.4, 0.5) is 0 Å². The van der Waals surface area contributed by atoms with E-state index in [1.54, 1.807) is 68.5 Å². The van der Waals surface area contributed by atoms with Gasteiger partial charge in [0.2, 0.25) is 0 Å². The molecule has 2 heterocycles. The number of rotatable bonds is 6. The maximum Gasteiger partial charge on any atom is 0.257 e. The molecule has 0 spiro atoms. The molecule has 4 rings (SSSR count). The van der Waals surface area contributed by atoms with Gasteiger partial charge < -0.3 is 9.88 Å². The highest BCUT2D eigenvalue weighted by molar-refractivity contribution is 7.92. The lowest BCUT2D eigenvalue weighted by atomic mass is 10.1. The van der Waals surface area contributed by atoms with Crippen molar-refractivity contribution in [2.45, 2.75) is 37.0 Å². The normalized spacial score (nSPS) is 12.8. The zero-order valence-electron chi connectivity index (χ0n) is 19.3. The van der Waals surface area contributed by atoms with Gasteiger partial charge in [0.05, 0.1) is 33.6 Å². The van der Waals surface area contributed by atoms with Crippen LogP contribution in [0, 0.1) is 0 Å². The molecular weight excluding hydrogens is 472 g/mol. The van der Waals surface area contributed by atoms with E-state index in [2.05, 4.69) is 15.0 Å². The van der Waals surface area contributed by atoms with Gasteiger partial charge in [-0.1, -0.05) is 35.9 Å². The molecule has 1 atom stereocenters. The van der Waals surface area contributed by atoms with Crippen LogP contribution < -0.4 is 0 Å². The van der Waals surface area contributed by atoms with Crippen LogP contribution in [0.15, 0.2) is 65.8 Å². The van der Waals surface area contributed by atoms with Crippen LogP contribution in [0.1, 0.15) is 42.7 Å². The maximum atomic E-state index is 13.3. The van der Waals surface area contributed by atoms with Crippen LogP contribution in [0.2, 0.25) is 5.02 Å². The summed E-state index contributed by atoms with van der Waals surface area (Å²) in [7, 11) is -1.63. The summed E-state index contributed by atoms with van der Waals surface area (Å²) in [5.74, 6) is -0.205. The van der Waals surface area contributed by atoms with Gasteiger partial charge in [-0.15, -0.1) is 0 Å². The fourth-order valence-electron chi connectivity index (χ4n) is 3.64. The summed E-state index contributed by atoms with van der Waals surface area (Å²) in [5.41, 5.74) is 3.52. The van der Waals surface area contributed by atoms with Gasteiger partial charge in [-0.3, -0.25) is 4.79 Å². The van der Waals surface area contributed by atoms with E-state index in [-0.39, 0.29) is 16.8 Å². The molecule has 0 radical (unpaired) electrons. The first-order valence-corrected chi connectivity index (χ1v) is 12.7. The fraction of sp³-hybridized carbons (Fsp3) is 0.240. The van der Waals surface area contributed by atoms with Crippen molar-refractivity contribution in [1.82, 2.24) is 19.9 Å². The minimum atomic E-state index is -3.36. The van der Waals surface area contributed by atoms with E-state index in [1.807, 2.05) is 25.1 Å². The lowest BCUT2D eigenvalue weighted by Gasteiger charge is -2.25. The molecule has 7 nitrogen and oxygen atoms in total. The van der Waals surface area contributed by atoms with Crippen molar-refractivity contribution in [3.63, 3.8) is 0 Å². The second-order valence-electron chi connectivity index (χ2n) is 8.42. The number of nitrogens with zero attached hydrogens (tertiary/aromatic N) is 3.